The molecule has 5 aliphatic carbocycles. The molecule has 8 fully saturated rings. The number of carbonyl (C=O) groups excluding carboxylic acids is 4. The Morgan fingerprint density at radius 3 is 2.12 bits per heavy atom. The van der Waals surface area contributed by atoms with Crippen LogP contribution in [0.25, 0.3) is 0 Å². The number of carbonyl (C=O) groups is 4. The van der Waals surface area contributed by atoms with E-state index in [0.717, 1.165) is 0 Å². The maximum atomic E-state index is 13.4. The average Bonchev–Trinajstić information content (AvgIpc) is 3.88. The second kappa shape index (κ2) is 9.29. The first kappa shape index (κ1) is 32.8. The van der Waals surface area contributed by atoms with Crippen LogP contribution < -0.4 is 5.73 Å². The van der Waals surface area contributed by atoms with E-state index in [9.17, 15) is 34.5 Å². The zero-order chi connectivity index (χ0) is 35.0. The van der Waals surface area contributed by atoms with Crippen molar-refractivity contribution >= 4 is 23.9 Å². The highest BCUT2D eigenvalue weighted by Crippen LogP contribution is 2.81. The molecule has 0 bridgehead atoms. The van der Waals surface area contributed by atoms with E-state index >= 15 is 0 Å². The van der Waals surface area contributed by atoms with Crippen LogP contribution in [0.3, 0.4) is 0 Å². The van der Waals surface area contributed by atoms with E-state index in [1.165, 1.54) is 27.7 Å². The Kier molecular flexibility index (Phi) is 6.36. The largest absolute Gasteiger partial charge is 0.462 e. The molecule has 8 rings (SSSR count). The number of hydrogen-bond donors (Lipinski definition) is 4. The van der Waals surface area contributed by atoms with Crippen LogP contribution in [-0.2, 0) is 47.6 Å². The first-order valence-corrected chi connectivity index (χ1v) is 17.1. The minimum absolute atomic E-state index is 0.102. The number of fused-ring (bicyclic) bond motifs is 9. The van der Waals surface area contributed by atoms with Gasteiger partial charge in [-0.3, -0.25) is 14.4 Å². The van der Waals surface area contributed by atoms with Gasteiger partial charge in [0, 0.05) is 55.8 Å². The molecular formula is C34H47NO13. The van der Waals surface area contributed by atoms with E-state index in [1.807, 2.05) is 13.8 Å². The van der Waals surface area contributed by atoms with Gasteiger partial charge in [-0.15, -0.1) is 0 Å². The summed E-state index contributed by atoms with van der Waals surface area (Å²) in [5, 5.41) is 36.6. The molecule has 2 unspecified atom stereocenters. The molecule has 5 N–H and O–H groups in total. The van der Waals surface area contributed by atoms with Crippen LogP contribution in [0.4, 0.5) is 0 Å². The molecule has 14 heteroatoms. The van der Waals surface area contributed by atoms with Crippen molar-refractivity contribution in [3.63, 3.8) is 0 Å². The predicted molar refractivity (Wildman–Crippen MR) is 159 cm³/mol. The lowest BCUT2D eigenvalue weighted by Crippen LogP contribution is -2.80. The molecule has 5 saturated carbocycles. The predicted octanol–water partition coefficient (Wildman–Crippen LogP) is -0.0447. The second-order valence-corrected chi connectivity index (χ2v) is 16.9. The number of aliphatic hydroxyl groups excluding tert-OH is 1. The molecule has 14 nitrogen and oxygen atoms in total. The summed E-state index contributed by atoms with van der Waals surface area (Å²) >= 11 is 0. The fraction of sp³-hybridized carbons (Fsp3) is 0.882. The molecule has 48 heavy (non-hydrogen) atoms. The van der Waals surface area contributed by atoms with Crippen molar-refractivity contribution in [1.29, 1.82) is 0 Å². The van der Waals surface area contributed by atoms with Gasteiger partial charge in [0.15, 0.2) is 5.60 Å². The average molecular weight is 678 g/mol. The summed E-state index contributed by atoms with van der Waals surface area (Å²) in [6.45, 7) is 12.6. The Morgan fingerprint density at radius 2 is 1.52 bits per heavy atom. The van der Waals surface area contributed by atoms with Crippen molar-refractivity contribution in [2.75, 3.05) is 0 Å². The maximum Gasteiger partial charge on any atom is 0.341 e. The summed E-state index contributed by atoms with van der Waals surface area (Å²) in [4.78, 5) is 52.3. The number of ether oxygens (including phenoxy) is 6. The van der Waals surface area contributed by atoms with Gasteiger partial charge in [-0.2, -0.15) is 0 Å². The first-order chi connectivity index (χ1) is 22.2. The van der Waals surface area contributed by atoms with E-state index in [4.69, 9.17) is 34.2 Å². The standard InChI is InChI=1S/C34H47NO13/c1-11-19-21(31(7)32(8,41)28(40)48-34(31)27(11)47-34)24(45-14(4)38)20-18-15(9-17(29(19,20)5)43-12(2)36)30(6)26(39)22-16(46-22)10-33(30,42)25(35)23(18)44-13(3)37/h11,15-27,39,41-42H,9-10,35H2,1-8H3/t11-,15?,16-,17-,18?,19-,20+,21-,22-,23+,24+,25-,26-,27+,29+,30-,31-,32+,33-,34-/m0/s1. The Hall–Kier alpha value is -2.36. The van der Waals surface area contributed by atoms with E-state index < -0.39 is 135 Å². The van der Waals surface area contributed by atoms with E-state index in [2.05, 4.69) is 0 Å². The van der Waals surface area contributed by atoms with Crippen molar-refractivity contribution in [1.82, 2.24) is 0 Å². The second-order valence-electron chi connectivity index (χ2n) is 16.9. The quantitative estimate of drug-likeness (QED) is 0.175. The van der Waals surface area contributed by atoms with Gasteiger partial charge in [0.05, 0.1) is 29.3 Å². The molecule has 3 saturated heterocycles. The van der Waals surface area contributed by atoms with E-state index in [1.54, 1.807) is 13.8 Å². The molecule has 20 atom stereocenters. The van der Waals surface area contributed by atoms with Crippen LogP contribution >= 0.6 is 0 Å². The van der Waals surface area contributed by atoms with Gasteiger partial charge in [0.2, 0.25) is 5.79 Å². The SMILES string of the molecule is CC(=O)O[C@H]1[C@@H]2[C@H]([C@H](C)[C@H]3O[C@]34OC(=O)[C@@](C)(O)[C@]24C)[C@@]2(C)[C@@H](OC(C)=O)CC3C([C@@H](OC(C)=O)[C@H](N)[C@@]4(O)C[C@@H]5O[C@@H]5[C@H](O)[C@]34C)[C@H]12. The zero-order valence-electron chi connectivity index (χ0n) is 28.5. The van der Waals surface area contributed by atoms with Gasteiger partial charge < -0.3 is 49.5 Å². The Balaban J connectivity index is 1.39. The molecule has 8 aliphatic rings. The molecule has 0 aromatic heterocycles. The van der Waals surface area contributed by atoms with Crippen molar-refractivity contribution in [2.45, 2.75) is 134 Å². The number of epoxide rings is 2. The topological polar surface area (TPSA) is 217 Å². The minimum Gasteiger partial charge on any atom is -0.462 e. The van der Waals surface area contributed by atoms with Gasteiger partial charge in [0.25, 0.3) is 0 Å². The number of rotatable bonds is 3. The summed E-state index contributed by atoms with van der Waals surface area (Å²) in [7, 11) is 0. The normalized spacial score (nSPS) is 61.1. The molecule has 0 amide bonds. The number of nitrogens with two attached hydrogens (primary N) is 1. The Morgan fingerprint density at radius 1 is 0.917 bits per heavy atom. The molecule has 0 aromatic carbocycles. The Bertz CT molecular complexity index is 1520. The number of aliphatic hydroxyl groups is 3. The highest BCUT2D eigenvalue weighted by atomic mass is 16.8. The molecule has 3 aliphatic heterocycles. The fourth-order valence-corrected chi connectivity index (χ4v) is 13.1. The third kappa shape index (κ3) is 3.36. The molecule has 0 radical (unpaired) electrons. The van der Waals surface area contributed by atoms with Crippen molar-refractivity contribution < 1.29 is 62.9 Å². The summed E-state index contributed by atoms with van der Waals surface area (Å²) < 4.78 is 36.6. The van der Waals surface area contributed by atoms with Crippen molar-refractivity contribution in [2.24, 2.45) is 57.5 Å². The summed E-state index contributed by atoms with van der Waals surface area (Å²) in [5.74, 6) is -7.93. The lowest BCUT2D eigenvalue weighted by Gasteiger charge is -2.68. The van der Waals surface area contributed by atoms with Crippen LogP contribution in [0.2, 0.25) is 0 Å². The van der Waals surface area contributed by atoms with Crippen molar-refractivity contribution in [3.05, 3.63) is 0 Å². The molecule has 1 spiro atoms. The monoisotopic (exact) mass is 677 g/mol. The van der Waals surface area contributed by atoms with Gasteiger partial charge in [-0.05, 0) is 38.0 Å². The lowest BCUT2D eigenvalue weighted by atomic mass is 9.40. The van der Waals surface area contributed by atoms with Gasteiger partial charge in [0.1, 0.15) is 30.5 Å². The van der Waals surface area contributed by atoms with Crippen molar-refractivity contribution in [3.8, 4) is 0 Å². The minimum atomic E-state index is -2.06. The van der Waals surface area contributed by atoms with Crippen LogP contribution in [0.1, 0.15) is 68.2 Å². The highest BCUT2D eigenvalue weighted by molar-refractivity contribution is 5.84. The van der Waals surface area contributed by atoms with Gasteiger partial charge >= 0.3 is 23.9 Å². The maximum absolute atomic E-state index is 13.4. The molecule has 3 heterocycles. The van der Waals surface area contributed by atoms with Gasteiger partial charge in [-0.1, -0.05) is 20.8 Å². The first-order valence-electron chi connectivity index (χ1n) is 17.1. The molecular weight excluding hydrogens is 630 g/mol. The van der Waals surface area contributed by atoms with E-state index in [0.29, 0.717) is 0 Å². The molecule has 266 valence electrons. The third-order valence-corrected chi connectivity index (χ3v) is 15.2. The van der Waals surface area contributed by atoms with Crippen LogP contribution in [0, 0.1) is 51.8 Å². The van der Waals surface area contributed by atoms with Crippen LogP contribution in [0.15, 0.2) is 0 Å². The summed E-state index contributed by atoms with van der Waals surface area (Å²) in [6, 6.07) is -1.18. The van der Waals surface area contributed by atoms with Crippen LogP contribution in [0.5, 0.6) is 0 Å². The zero-order valence-corrected chi connectivity index (χ0v) is 28.5. The van der Waals surface area contributed by atoms with Crippen LogP contribution in [-0.4, -0.2) is 105 Å². The number of hydrogen-bond acceptors (Lipinski definition) is 14. The number of esters is 4. The third-order valence-electron chi connectivity index (χ3n) is 15.2. The summed E-state index contributed by atoms with van der Waals surface area (Å²) in [5.41, 5.74) is -0.625. The highest BCUT2D eigenvalue weighted by Gasteiger charge is 2.93. The molecule has 0 aromatic rings. The smallest absolute Gasteiger partial charge is 0.341 e. The fourth-order valence-electron chi connectivity index (χ4n) is 13.1. The van der Waals surface area contributed by atoms with Gasteiger partial charge in [-0.25, -0.2) is 4.79 Å². The lowest BCUT2D eigenvalue weighted by molar-refractivity contribution is -0.292. The Labute approximate surface area is 278 Å². The summed E-state index contributed by atoms with van der Waals surface area (Å²) in [6.07, 6.45) is -5.50. The van der Waals surface area contributed by atoms with E-state index in [-0.39, 0.29) is 18.8 Å².